The average molecular weight is 338 g/mol. The van der Waals surface area contributed by atoms with Crippen molar-refractivity contribution >= 4 is 35.7 Å². The second-order valence-corrected chi connectivity index (χ2v) is 6.53. The SMILES string of the molecule is CON=C(C(=O)N(O)CCCP(=O)(O)O)c1csc(N)n1. The number of carbonyl (C=O) groups is 1. The molecule has 0 aliphatic rings. The first-order chi connectivity index (χ1) is 9.74. The van der Waals surface area contributed by atoms with Gasteiger partial charge in [0.1, 0.15) is 12.8 Å². The van der Waals surface area contributed by atoms with E-state index in [1.807, 2.05) is 0 Å². The number of hydrogen-bond acceptors (Lipinski definition) is 8. The molecular weight excluding hydrogens is 323 g/mol. The van der Waals surface area contributed by atoms with Gasteiger partial charge in [-0.25, -0.2) is 10.0 Å². The molecule has 0 aliphatic heterocycles. The molecule has 1 heterocycles. The van der Waals surface area contributed by atoms with Gasteiger partial charge in [-0.1, -0.05) is 5.16 Å². The fourth-order valence-corrected chi connectivity index (χ4v) is 2.43. The molecule has 1 aromatic heterocycles. The summed E-state index contributed by atoms with van der Waals surface area (Å²) in [6.45, 7) is -0.272. The van der Waals surface area contributed by atoms with Gasteiger partial charge in [0.05, 0.1) is 6.16 Å². The molecule has 0 atom stereocenters. The zero-order valence-corrected chi connectivity index (χ0v) is 12.8. The predicted octanol–water partition coefficient (Wildman–Crippen LogP) is -0.139. The van der Waals surface area contributed by atoms with Gasteiger partial charge in [-0.15, -0.1) is 11.3 Å². The highest BCUT2D eigenvalue weighted by molar-refractivity contribution is 7.51. The number of nitrogens with two attached hydrogens (primary N) is 1. The van der Waals surface area contributed by atoms with Crippen molar-refractivity contribution in [2.45, 2.75) is 6.42 Å². The van der Waals surface area contributed by atoms with Crippen LogP contribution in [-0.2, 0) is 14.2 Å². The molecule has 0 fully saturated rings. The summed E-state index contributed by atoms with van der Waals surface area (Å²) in [6.07, 6.45) is -0.524. The first kappa shape index (κ1) is 17.5. The van der Waals surface area contributed by atoms with Crippen LogP contribution in [0, 0.1) is 0 Å². The van der Waals surface area contributed by atoms with Gasteiger partial charge in [-0.2, -0.15) is 0 Å². The van der Waals surface area contributed by atoms with Crippen LogP contribution >= 0.6 is 18.9 Å². The van der Waals surface area contributed by atoms with Crippen LogP contribution in [0.1, 0.15) is 12.1 Å². The minimum absolute atomic E-state index is 0.0774. The van der Waals surface area contributed by atoms with Crippen molar-refractivity contribution in [1.29, 1.82) is 0 Å². The van der Waals surface area contributed by atoms with Gasteiger partial charge in [0.2, 0.25) is 0 Å². The molecule has 0 radical (unpaired) electrons. The van der Waals surface area contributed by atoms with Crippen LogP contribution in [0.25, 0.3) is 0 Å². The average Bonchev–Trinajstić information content (AvgIpc) is 2.80. The highest BCUT2D eigenvalue weighted by atomic mass is 32.1. The summed E-state index contributed by atoms with van der Waals surface area (Å²) in [5.41, 5.74) is 5.33. The van der Waals surface area contributed by atoms with Crippen molar-refractivity contribution in [1.82, 2.24) is 10.0 Å². The van der Waals surface area contributed by atoms with Crippen molar-refractivity contribution < 1.29 is 29.2 Å². The number of nitrogen functional groups attached to an aromatic ring is 1. The maximum atomic E-state index is 12.0. The van der Waals surface area contributed by atoms with Crippen LogP contribution in [0.3, 0.4) is 0 Å². The smallest absolute Gasteiger partial charge is 0.325 e. The van der Waals surface area contributed by atoms with Gasteiger partial charge in [-0.05, 0) is 6.42 Å². The lowest BCUT2D eigenvalue weighted by Gasteiger charge is -2.15. The van der Waals surface area contributed by atoms with Crippen LogP contribution in [0.4, 0.5) is 5.13 Å². The minimum Gasteiger partial charge on any atom is -0.398 e. The Hall–Kier alpha value is -1.52. The summed E-state index contributed by atoms with van der Waals surface area (Å²) < 4.78 is 10.7. The van der Waals surface area contributed by atoms with E-state index in [9.17, 15) is 14.6 Å². The second-order valence-electron chi connectivity index (χ2n) is 3.86. The minimum atomic E-state index is -4.17. The Morgan fingerprint density at radius 1 is 1.62 bits per heavy atom. The number of aromatic nitrogens is 1. The van der Waals surface area contributed by atoms with E-state index in [0.29, 0.717) is 5.06 Å². The van der Waals surface area contributed by atoms with Crippen molar-refractivity contribution in [3.63, 3.8) is 0 Å². The number of oxime groups is 1. The molecule has 0 unspecified atom stereocenters. The number of hydroxylamine groups is 2. The van der Waals surface area contributed by atoms with E-state index in [-0.39, 0.29) is 29.5 Å². The van der Waals surface area contributed by atoms with Gasteiger partial charge < -0.3 is 20.4 Å². The summed E-state index contributed by atoms with van der Waals surface area (Å²) in [5, 5.41) is 15.1. The maximum absolute atomic E-state index is 12.0. The molecule has 5 N–H and O–H groups in total. The third-order valence-electron chi connectivity index (χ3n) is 2.20. The Labute approximate surface area is 124 Å². The molecule has 0 spiro atoms. The third-order valence-corrected chi connectivity index (χ3v) is 3.78. The van der Waals surface area contributed by atoms with E-state index in [2.05, 4.69) is 15.0 Å². The molecular formula is C9H15N4O6PS. The first-order valence-corrected chi connectivity index (χ1v) is 8.30. The van der Waals surface area contributed by atoms with Crippen LogP contribution in [0.2, 0.25) is 0 Å². The molecule has 1 rings (SSSR count). The van der Waals surface area contributed by atoms with E-state index in [4.69, 9.17) is 15.5 Å². The standard InChI is InChI=1S/C9H15N4O6PS/c1-19-12-7(6-5-21-9(10)11-6)8(14)13(15)3-2-4-20(16,17)18/h5,15H,2-4H2,1H3,(H2,10,11)(H2,16,17,18). The van der Waals surface area contributed by atoms with Gasteiger partial charge in [-0.3, -0.25) is 14.6 Å². The number of rotatable bonds is 7. The van der Waals surface area contributed by atoms with Crippen LogP contribution in [-0.4, -0.2) is 56.5 Å². The lowest BCUT2D eigenvalue weighted by molar-refractivity contribution is -0.157. The van der Waals surface area contributed by atoms with Crippen LogP contribution in [0.15, 0.2) is 10.5 Å². The maximum Gasteiger partial charge on any atom is 0.325 e. The first-order valence-electron chi connectivity index (χ1n) is 5.62. The van der Waals surface area contributed by atoms with E-state index in [0.717, 1.165) is 11.3 Å². The summed E-state index contributed by atoms with van der Waals surface area (Å²) in [6, 6.07) is 0. The fraction of sp³-hybridized carbons (Fsp3) is 0.444. The van der Waals surface area contributed by atoms with Crippen LogP contribution < -0.4 is 5.73 Å². The summed E-state index contributed by atoms with van der Waals surface area (Å²) in [4.78, 5) is 37.8. The van der Waals surface area contributed by atoms with Crippen molar-refractivity contribution in [2.24, 2.45) is 5.16 Å². The normalized spacial score (nSPS) is 12.3. The van der Waals surface area contributed by atoms with Crippen molar-refractivity contribution in [3.05, 3.63) is 11.1 Å². The van der Waals surface area contributed by atoms with Crippen molar-refractivity contribution in [3.8, 4) is 0 Å². The lowest BCUT2D eigenvalue weighted by Crippen LogP contribution is -2.35. The van der Waals surface area contributed by atoms with Crippen LogP contribution in [0.5, 0.6) is 0 Å². The number of nitrogens with zero attached hydrogens (tertiary/aromatic N) is 3. The lowest BCUT2D eigenvalue weighted by atomic mass is 10.2. The number of anilines is 1. The van der Waals surface area contributed by atoms with Gasteiger partial charge in [0.25, 0.3) is 0 Å². The summed E-state index contributed by atoms with van der Waals surface area (Å²) >= 11 is 1.08. The topological polar surface area (TPSA) is 159 Å². The largest absolute Gasteiger partial charge is 0.398 e. The number of carbonyl (C=O) groups excluding carboxylic acids is 1. The predicted molar refractivity (Wildman–Crippen MR) is 75.1 cm³/mol. The quantitative estimate of drug-likeness (QED) is 0.231. The Kier molecular flexibility index (Phi) is 6.24. The molecule has 118 valence electrons. The Morgan fingerprint density at radius 3 is 2.76 bits per heavy atom. The molecule has 0 saturated carbocycles. The highest BCUT2D eigenvalue weighted by Crippen LogP contribution is 2.34. The number of thiazole rings is 1. The molecule has 0 aromatic carbocycles. The van der Waals surface area contributed by atoms with Gasteiger partial charge in [0, 0.05) is 11.9 Å². The molecule has 0 saturated heterocycles. The van der Waals surface area contributed by atoms with Gasteiger partial charge >= 0.3 is 13.5 Å². The highest BCUT2D eigenvalue weighted by Gasteiger charge is 2.24. The molecule has 1 aromatic rings. The Bertz CT molecular complexity index is 570. The Balaban J connectivity index is 2.73. The molecule has 0 bridgehead atoms. The third kappa shape index (κ3) is 5.78. The van der Waals surface area contributed by atoms with E-state index in [1.165, 1.54) is 12.5 Å². The number of amides is 1. The molecule has 10 nitrogen and oxygen atoms in total. The zero-order chi connectivity index (χ0) is 16.0. The summed E-state index contributed by atoms with van der Waals surface area (Å²) in [7, 11) is -2.95. The van der Waals surface area contributed by atoms with E-state index >= 15 is 0 Å². The fourth-order valence-electron chi connectivity index (χ4n) is 1.33. The Morgan fingerprint density at radius 2 is 2.29 bits per heavy atom. The number of hydrogen-bond donors (Lipinski definition) is 4. The molecule has 21 heavy (non-hydrogen) atoms. The van der Waals surface area contributed by atoms with Gasteiger partial charge in [0.15, 0.2) is 10.8 Å². The van der Waals surface area contributed by atoms with E-state index < -0.39 is 19.7 Å². The monoisotopic (exact) mass is 338 g/mol. The van der Waals surface area contributed by atoms with E-state index in [1.54, 1.807) is 0 Å². The van der Waals surface area contributed by atoms with Crippen molar-refractivity contribution in [2.75, 3.05) is 25.6 Å². The molecule has 12 heteroatoms. The zero-order valence-electron chi connectivity index (χ0n) is 11.0. The second kappa shape index (κ2) is 7.48. The summed E-state index contributed by atoms with van der Waals surface area (Å²) in [5.74, 6) is -0.909. The molecule has 0 aliphatic carbocycles. The molecule has 1 amide bonds.